The molecule has 0 unspecified atom stereocenters. The van der Waals surface area contributed by atoms with Gasteiger partial charge in [-0.25, -0.2) is 14.8 Å². The molecule has 2 saturated heterocycles. The van der Waals surface area contributed by atoms with E-state index in [2.05, 4.69) is 75.5 Å². The Labute approximate surface area is 241 Å². The minimum atomic E-state index is 0.209. The predicted octanol–water partition coefficient (Wildman–Crippen LogP) is 4.94. The number of carbonyl (C=O) groups is 1. The van der Waals surface area contributed by atoms with E-state index in [-0.39, 0.29) is 6.03 Å². The fraction of sp³-hybridized carbons (Fsp3) is 0.387. The van der Waals surface area contributed by atoms with E-state index in [4.69, 9.17) is 0 Å². The number of amides is 2. The summed E-state index contributed by atoms with van der Waals surface area (Å²) in [6.45, 7) is 19.4. The number of nitrogens with zero attached hydrogens (tertiary/aromatic N) is 6. The number of thiophene rings is 1. The summed E-state index contributed by atoms with van der Waals surface area (Å²) in [6.07, 6.45) is 7.13. The van der Waals surface area contributed by atoms with E-state index >= 15 is 0 Å². The van der Waals surface area contributed by atoms with Gasteiger partial charge in [0.25, 0.3) is 0 Å². The first kappa shape index (κ1) is 28.0. The zero-order valence-electron chi connectivity index (χ0n) is 23.4. The number of anilines is 1. The average molecular weight is 558 g/mol. The van der Waals surface area contributed by atoms with Gasteiger partial charge in [0.05, 0.1) is 5.39 Å². The largest absolute Gasteiger partial charge is 0.365 e. The highest BCUT2D eigenvalue weighted by Crippen LogP contribution is 2.35. The average Bonchev–Trinajstić information content (AvgIpc) is 3.45. The summed E-state index contributed by atoms with van der Waals surface area (Å²) >= 11 is 1.68. The molecule has 5 rings (SSSR count). The first-order chi connectivity index (χ1) is 19.6. The van der Waals surface area contributed by atoms with Crippen molar-refractivity contribution in [3.63, 3.8) is 0 Å². The first-order valence-electron chi connectivity index (χ1n) is 14.1. The SMILES string of the molecule is C=C/C=C(\C=C)CNc1ncnc2sc(-c3ccc(CN4CCN(C(=O)N5CCN(CC)CC5)CC4)cc3)cc12. The number of nitrogens with one attached hydrogen (secondary N) is 1. The molecule has 0 radical (unpaired) electrons. The lowest BCUT2D eigenvalue weighted by atomic mass is 10.1. The van der Waals surface area contributed by atoms with Crippen LogP contribution in [-0.4, -0.2) is 101 Å². The van der Waals surface area contributed by atoms with Gasteiger partial charge in [0.1, 0.15) is 17.0 Å². The quantitative estimate of drug-likeness (QED) is 0.376. The number of hydrogen-bond donors (Lipinski definition) is 1. The van der Waals surface area contributed by atoms with E-state index in [1.807, 2.05) is 22.0 Å². The third-order valence-electron chi connectivity index (χ3n) is 7.76. The number of aromatic nitrogens is 2. The van der Waals surface area contributed by atoms with Crippen LogP contribution in [0.1, 0.15) is 12.5 Å². The van der Waals surface area contributed by atoms with E-state index in [1.54, 1.807) is 23.7 Å². The molecule has 0 spiro atoms. The van der Waals surface area contributed by atoms with Gasteiger partial charge in [-0.1, -0.05) is 62.6 Å². The Morgan fingerprint density at radius 1 is 0.975 bits per heavy atom. The second-order valence-corrected chi connectivity index (χ2v) is 11.3. The number of likely N-dealkylation sites (N-methyl/N-ethyl adjacent to an activating group) is 1. The maximum Gasteiger partial charge on any atom is 0.320 e. The Bertz CT molecular complexity index is 1350. The molecule has 8 nitrogen and oxygen atoms in total. The van der Waals surface area contributed by atoms with Gasteiger partial charge in [0, 0.05) is 70.3 Å². The minimum absolute atomic E-state index is 0.209. The molecule has 2 aromatic heterocycles. The molecule has 3 aromatic rings. The number of allylic oxidation sites excluding steroid dienone is 2. The lowest BCUT2D eigenvalue weighted by molar-refractivity contribution is 0.0898. The zero-order chi connectivity index (χ0) is 27.9. The Hall–Kier alpha value is -3.53. The highest BCUT2D eigenvalue weighted by Gasteiger charge is 2.27. The van der Waals surface area contributed by atoms with Crippen LogP contribution in [-0.2, 0) is 6.54 Å². The molecular weight excluding hydrogens is 518 g/mol. The smallest absolute Gasteiger partial charge is 0.320 e. The van der Waals surface area contributed by atoms with Gasteiger partial charge in [-0.05, 0) is 29.3 Å². The second kappa shape index (κ2) is 13.2. The summed E-state index contributed by atoms with van der Waals surface area (Å²) in [5.74, 6) is 0.821. The molecule has 2 amide bonds. The van der Waals surface area contributed by atoms with Gasteiger partial charge in [-0.15, -0.1) is 11.3 Å². The van der Waals surface area contributed by atoms with Crippen molar-refractivity contribution < 1.29 is 4.79 Å². The Kier molecular flexibility index (Phi) is 9.26. The van der Waals surface area contributed by atoms with Crippen molar-refractivity contribution in [3.8, 4) is 10.4 Å². The van der Waals surface area contributed by atoms with Gasteiger partial charge < -0.3 is 20.0 Å². The molecule has 1 aromatic carbocycles. The van der Waals surface area contributed by atoms with Crippen molar-refractivity contribution in [1.82, 2.24) is 29.6 Å². The maximum absolute atomic E-state index is 13.0. The molecule has 0 saturated carbocycles. The molecule has 0 atom stereocenters. The Morgan fingerprint density at radius 2 is 1.65 bits per heavy atom. The number of benzene rings is 1. The molecule has 2 aliphatic rings. The van der Waals surface area contributed by atoms with Gasteiger partial charge in [-0.3, -0.25) is 4.90 Å². The van der Waals surface area contributed by atoms with E-state index in [0.29, 0.717) is 6.54 Å². The maximum atomic E-state index is 13.0. The summed E-state index contributed by atoms with van der Waals surface area (Å²) in [5, 5.41) is 4.43. The molecule has 0 bridgehead atoms. The van der Waals surface area contributed by atoms with Crippen molar-refractivity contribution >= 4 is 33.4 Å². The third-order valence-corrected chi connectivity index (χ3v) is 8.85. The van der Waals surface area contributed by atoms with Crippen molar-refractivity contribution in [2.45, 2.75) is 13.5 Å². The molecule has 4 heterocycles. The number of fused-ring (bicyclic) bond motifs is 1. The Balaban J connectivity index is 1.16. The lowest BCUT2D eigenvalue weighted by Crippen LogP contribution is -2.56. The van der Waals surface area contributed by atoms with Crippen molar-refractivity contribution in [3.05, 3.63) is 79.2 Å². The number of piperazine rings is 2. The highest BCUT2D eigenvalue weighted by atomic mass is 32.1. The van der Waals surface area contributed by atoms with Crippen LogP contribution in [0.25, 0.3) is 20.7 Å². The number of rotatable bonds is 9. The Morgan fingerprint density at radius 3 is 2.27 bits per heavy atom. The molecule has 1 N–H and O–H groups in total. The van der Waals surface area contributed by atoms with Crippen LogP contribution in [0, 0.1) is 0 Å². The zero-order valence-corrected chi connectivity index (χ0v) is 24.2. The first-order valence-corrected chi connectivity index (χ1v) is 14.9. The van der Waals surface area contributed by atoms with E-state index in [0.717, 1.165) is 87.1 Å². The predicted molar refractivity (Wildman–Crippen MR) is 166 cm³/mol. The van der Waals surface area contributed by atoms with Gasteiger partial charge in [0.2, 0.25) is 0 Å². The van der Waals surface area contributed by atoms with Crippen LogP contribution in [0.15, 0.2) is 73.6 Å². The monoisotopic (exact) mass is 557 g/mol. The summed E-state index contributed by atoms with van der Waals surface area (Å²) in [7, 11) is 0. The summed E-state index contributed by atoms with van der Waals surface area (Å²) in [4.78, 5) is 33.0. The van der Waals surface area contributed by atoms with Gasteiger partial charge >= 0.3 is 6.03 Å². The van der Waals surface area contributed by atoms with Gasteiger partial charge in [0.15, 0.2) is 0 Å². The van der Waals surface area contributed by atoms with Crippen molar-refractivity contribution in [1.29, 1.82) is 0 Å². The topological polar surface area (TPSA) is 67.8 Å². The number of carbonyl (C=O) groups excluding carboxylic acids is 1. The van der Waals surface area contributed by atoms with Crippen LogP contribution in [0.3, 0.4) is 0 Å². The number of hydrogen-bond acceptors (Lipinski definition) is 7. The fourth-order valence-electron chi connectivity index (χ4n) is 5.26. The minimum Gasteiger partial charge on any atom is -0.365 e. The fourth-order valence-corrected chi connectivity index (χ4v) is 6.26. The molecule has 9 heteroatoms. The van der Waals surface area contributed by atoms with Crippen LogP contribution >= 0.6 is 11.3 Å². The molecule has 2 aliphatic heterocycles. The van der Waals surface area contributed by atoms with Crippen molar-refractivity contribution in [2.75, 3.05) is 70.8 Å². The standard InChI is InChI=1S/C31H39N7OS/c1-4-7-24(5-2)21-32-29-27-20-28(40-30(27)34-23-33-29)26-10-8-25(9-11-26)22-36-14-18-38(19-15-36)31(39)37-16-12-35(6-3)13-17-37/h4-5,7-11,20,23H,1-2,6,12-19,21-22H2,3H3,(H,32,33,34)/b24-7+. The summed E-state index contributed by atoms with van der Waals surface area (Å²) < 4.78 is 0. The summed E-state index contributed by atoms with van der Waals surface area (Å²) in [5.41, 5.74) is 3.51. The normalized spacial score (nSPS) is 17.3. The highest BCUT2D eigenvalue weighted by molar-refractivity contribution is 7.21. The van der Waals surface area contributed by atoms with E-state index < -0.39 is 0 Å². The molecule has 40 heavy (non-hydrogen) atoms. The second-order valence-electron chi connectivity index (χ2n) is 10.3. The lowest BCUT2D eigenvalue weighted by Gasteiger charge is -2.40. The van der Waals surface area contributed by atoms with E-state index in [9.17, 15) is 4.79 Å². The van der Waals surface area contributed by atoms with Crippen LogP contribution in [0.5, 0.6) is 0 Å². The van der Waals surface area contributed by atoms with E-state index in [1.165, 1.54) is 16.0 Å². The number of urea groups is 1. The molecule has 2 fully saturated rings. The van der Waals surface area contributed by atoms with Crippen molar-refractivity contribution in [2.24, 2.45) is 0 Å². The molecule has 210 valence electrons. The summed E-state index contributed by atoms with van der Waals surface area (Å²) in [6, 6.07) is 11.2. The van der Waals surface area contributed by atoms with Crippen LogP contribution in [0.2, 0.25) is 0 Å². The van der Waals surface area contributed by atoms with Crippen LogP contribution < -0.4 is 5.32 Å². The molecule has 0 aliphatic carbocycles. The van der Waals surface area contributed by atoms with Crippen LogP contribution in [0.4, 0.5) is 10.6 Å². The molecular formula is C31H39N7OS. The third kappa shape index (κ3) is 6.60. The van der Waals surface area contributed by atoms with Gasteiger partial charge in [-0.2, -0.15) is 0 Å².